The van der Waals surface area contributed by atoms with Crippen molar-refractivity contribution in [2.75, 3.05) is 24.5 Å². The van der Waals surface area contributed by atoms with Crippen molar-refractivity contribution in [1.29, 1.82) is 5.26 Å². The van der Waals surface area contributed by atoms with E-state index < -0.39 is 12.1 Å². The normalized spacial score (nSPS) is 23.7. The third-order valence-corrected chi connectivity index (χ3v) is 6.18. The number of alkyl halides is 3. The monoisotopic (exact) mass is 438 g/mol. The van der Waals surface area contributed by atoms with Gasteiger partial charge in [0.2, 0.25) is 5.91 Å². The van der Waals surface area contributed by atoms with Gasteiger partial charge in [0.1, 0.15) is 11.9 Å². The number of carbonyl (C=O) groups excluding carboxylic acids is 1. The van der Waals surface area contributed by atoms with Crippen molar-refractivity contribution in [3.8, 4) is 6.07 Å². The van der Waals surface area contributed by atoms with Crippen molar-refractivity contribution in [1.82, 2.24) is 9.88 Å². The SMILES string of the molecule is N#Cc1ccc(N2CCCC3(CCC(=O)N3CC3CC3)CC2)nc1.O=C(O)C(F)(F)F. The summed E-state index contributed by atoms with van der Waals surface area (Å²) in [4.78, 5) is 30.3. The third-order valence-electron chi connectivity index (χ3n) is 6.18. The molecule has 31 heavy (non-hydrogen) atoms. The second-order valence-electron chi connectivity index (χ2n) is 8.33. The molecule has 4 rings (SSSR count). The lowest BCUT2D eigenvalue weighted by atomic mass is 9.87. The lowest BCUT2D eigenvalue weighted by Gasteiger charge is -2.38. The average molecular weight is 438 g/mol. The van der Waals surface area contributed by atoms with Gasteiger partial charge < -0.3 is 14.9 Å². The first-order valence-corrected chi connectivity index (χ1v) is 10.4. The Morgan fingerprint density at radius 2 is 1.97 bits per heavy atom. The van der Waals surface area contributed by atoms with Crippen molar-refractivity contribution in [3.63, 3.8) is 0 Å². The molecule has 1 aromatic heterocycles. The fourth-order valence-corrected chi connectivity index (χ4v) is 4.30. The van der Waals surface area contributed by atoms with Crippen molar-refractivity contribution >= 4 is 17.7 Å². The van der Waals surface area contributed by atoms with Crippen LogP contribution in [0.1, 0.15) is 50.5 Å². The molecule has 1 atom stereocenters. The number of nitrogens with zero attached hydrogens (tertiary/aromatic N) is 4. The standard InChI is InChI=1S/C19H24N4O.C2HF3O2/c20-12-16-4-5-17(21-13-16)22-10-1-7-19(9-11-22)8-6-18(24)23(19)14-15-2-3-15;3-2(4,5)1(6)7/h4-5,13,15H,1-3,6-11,14H2;(H,6,7). The predicted octanol–water partition coefficient (Wildman–Crippen LogP) is 3.35. The summed E-state index contributed by atoms with van der Waals surface area (Å²) >= 11 is 0. The number of halogens is 3. The van der Waals surface area contributed by atoms with Crippen molar-refractivity contribution in [2.45, 2.75) is 56.7 Å². The highest BCUT2D eigenvalue weighted by molar-refractivity contribution is 5.79. The Kier molecular flexibility index (Phi) is 6.72. The number of amides is 1. The lowest BCUT2D eigenvalue weighted by molar-refractivity contribution is -0.192. The molecule has 1 amide bonds. The van der Waals surface area contributed by atoms with Crippen LogP contribution in [0.2, 0.25) is 0 Å². The van der Waals surface area contributed by atoms with Gasteiger partial charge in [0.25, 0.3) is 0 Å². The van der Waals surface area contributed by atoms with Gasteiger partial charge in [-0.3, -0.25) is 4.79 Å². The van der Waals surface area contributed by atoms with E-state index in [4.69, 9.17) is 15.2 Å². The highest BCUT2D eigenvalue weighted by Crippen LogP contribution is 2.42. The Balaban J connectivity index is 0.000000339. The van der Waals surface area contributed by atoms with E-state index in [2.05, 4.69) is 20.9 Å². The van der Waals surface area contributed by atoms with Crippen LogP contribution >= 0.6 is 0 Å². The number of nitriles is 1. The number of rotatable bonds is 3. The van der Waals surface area contributed by atoms with E-state index >= 15 is 0 Å². The molecule has 168 valence electrons. The van der Waals surface area contributed by atoms with E-state index in [1.807, 2.05) is 12.1 Å². The number of likely N-dealkylation sites (tertiary alicyclic amines) is 1. The first kappa shape index (κ1) is 22.8. The molecule has 2 saturated heterocycles. The first-order chi connectivity index (χ1) is 14.6. The van der Waals surface area contributed by atoms with Crippen LogP contribution in [-0.2, 0) is 9.59 Å². The highest BCUT2D eigenvalue weighted by atomic mass is 19.4. The fourth-order valence-electron chi connectivity index (χ4n) is 4.30. The largest absolute Gasteiger partial charge is 0.490 e. The van der Waals surface area contributed by atoms with Crippen LogP contribution in [0, 0.1) is 17.2 Å². The molecule has 3 heterocycles. The predicted molar refractivity (Wildman–Crippen MR) is 105 cm³/mol. The summed E-state index contributed by atoms with van der Waals surface area (Å²) in [6.07, 6.45) is 4.13. The number of carboxylic acids is 1. The Labute approximate surface area is 178 Å². The van der Waals surface area contributed by atoms with Gasteiger partial charge in [-0.1, -0.05) is 0 Å². The fraction of sp³-hybridized carbons (Fsp3) is 0.619. The molecule has 3 fully saturated rings. The molecule has 10 heteroatoms. The van der Waals surface area contributed by atoms with Gasteiger partial charge in [0.15, 0.2) is 0 Å². The number of hydrogen-bond acceptors (Lipinski definition) is 5. The molecular formula is C21H25F3N4O3. The smallest absolute Gasteiger partial charge is 0.475 e. The van der Waals surface area contributed by atoms with Gasteiger partial charge >= 0.3 is 12.1 Å². The van der Waals surface area contributed by atoms with Crippen LogP contribution in [0.4, 0.5) is 19.0 Å². The molecule has 0 bridgehead atoms. The Bertz CT molecular complexity index is 849. The van der Waals surface area contributed by atoms with E-state index in [-0.39, 0.29) is 5.54 Å². The number of anilines is 1. The van der Waals surface area contributed by atoms with Crippen LogP contribution in [-0.4, -0.2) is 58.2 Å². The Morgan fingerprint density at radius 3 is 2.52 bits per heavy atom. The van der Waals surface area contributed by atoms with Gasteiger partial charge in [-0.15, -0.1) is 0 Å². The Hall–Kier alpha value is -2.83. The van der Waals surface area contributed by atoms with Gasteiger partial charge in [0.05, 0.1) is 5.56 Å². The molecule has 1 spiro atoms. The van der Waals surface area contributed by atoms with Crippen LogP contribution < -0.4 is 4.90 Å². The van der Waals surface area contributed by atoms with Crippen molar-refractivity contribution in [3.05, 3.63) is 23.9 Å². The van der Waals surface area contributed by atoms with Crippen molar-refractivity contribution < 1.29 is 27.9 Å². The summed E-state index contributed by atoms with van der Waals surface area (Å²) in [5.41, 5.74) is 0.683. The first-order valence-electron chi connectivity index (χ1n) is 10.4. The molecule has 1 N–H and O–H groups in total. The van der Waals surface area contributed by atoms with Gasteiger partial charge in [-0.25, -0.2) is 9.78 Å². The summed E-state index contributed by atoms with van der Waals surface area (Å²) in [7, 11) is 0. The minimum Gasteiger partial charge on any atom is -0.475 e. The van der Waals surface area contributed by atoms with Gasteiger partial charge in [-0.2, -0.15) is 18.4 Å². The minimum atomic E-state index is -5.08. The van der Waals surface area contributed by atoms with Crippen LogP contribution in [0.15, 0.2) is 18.3 Å². The topological polar surface area (TPSA) is 97.5 Å². The summed E-state index contributed by atoms with van der Waals surface area (Å²) in [6, 6.07) is 5.90. The number of pyridine rings is 1. The molecular weight excluding hydrogens is 413 g/mol. The maximum Gasteiger partial charge on any atom is 0.490 e. The van der Waals surface area contributed by atoms with Gasteiger partial charge in [0, 0.05) is 37.8 Å². The molecule has 3 aliphatic rings. The molecule has 1 saturated carbocycles. The summed E-state index contributed by atoms with van der Waals surface area (Å²) < 4.78 is 31.7. The maximum atomic E-state index is 12.4. The number of aromatic nitrogens is 1. The second-order valence-corrected chi connectivity index (χ2v) is 8.33. The quantitative estimate of drug-likeness (QED) is 0.777. The van der Waals surface area contributed by atoms with E-state index in [1.165, 1.54) is 12.8 Å². The van der Waals surface area contributed by atoms with Crippen LogP contribution in [0.25, 0.3) is 0 Å². The lowest BCUT2D eigenvalue weighted by Crippen LogP contribution is -2.47. The molecule has 1 unspecified atom stereocenters. The molecule has 7 nitrogen and oxygen atoms in total. The van der Waals surface area contributed by atoms with Crippen LogP contribution in [0.3, 0.4) is 0 Å². The maximum absolute atomic E-state index is 12.4. The number of hydrogen-bond donors (Lipinski definition) is 1. The minimum absolute atomic E-state index is 0.0843. The molecule has 0 radical (unpaired) electrons. The van der Waals surface area contributed by atoms with E-state index in [1.54, 1.807) is 6.20 Å². The van der Waals surface area contributed by atoms with Gasteiger partial charge in [-0.05, 0) is 56.6 Å². The Morgan fingerprint density at radius 1 is 1.26 bits per heavy atom. The average Bonchev–Trinajstić information content (AvgIpc) is 3.53. The zero-order chi connectivity index (χ0) is 22.6. The van der Waals surface area contributed by atoms with Crippen LogP contribution in [0.5, 0.6) is 0 Å². The molecule has 1 aliphatic carbocycles. The van der Waals surface area contributed by atoms with Crippen molar-refractivity contribution in [2.24, 2.45) is 5.92 Å². The zero-order valence-corrected chi connectivity index (χ0v) is 17.1. The van der Waals surface area contributed by atoms with E-state index in [9.17, 15) is 18.0 Å². The number of carbonyl (C=O) groups is 2. The summed E-state index contributed by atoms with van der Waals surface area (Å²) in [5, 5.41) is 16.0. The van der Waals surface area contributed by atoms with E-state index in [0.29, 0.717) is 11.5 Å². The third kappa shape index (κ3) is 5.66. The molecule has 1 aromatic rings. The summed E-state index contributed by atoms with van der Waals surface area (Å²) in [6.45, 7) is 2.90. The number of aliphatic carboxylic acids is 1. The molecule has 0 aromatic carbocycles. The second kappa shape index (κ2) is 9.12. The molecule has 2 aliphatic heterocycles. The zero-order valence-electron chi connectivity index (χ0n) is 17.1. The summed E-state index contributed by atoms with van der Waals surface area (Å²) in [5.74, 6) is -0.688. The van der Waals surface area contributed by atoms with E-state index in [0.717, 1.165) is 63.5 Å². The highest BCUT2D eigenvalue weighted by Gasteiger charge is 2.47. The number of carboxylic acid groups (broad SMARTS) is 1.